The van der Waals surface area contributed by atoms with Crippen LogP contribution in [0.5, 0.6) is 0 Å². The Morgan fingerprint density at radius 1 is 1.04 bits per heavy atom. The van der Waals surface area contributed by atoms with E-state index < -0.39 is 0 Å². The lowest BCUT2D eigenvalue weighted by Gasteiger charge is -2.18. The van der Waals surface area contributed by atoms with Crippen molar-refractivity contribution in [2.45, 2.75) is 19.8 Å². The molecule has 120 valence electrons. The Bertz CT molecular complexity index is 694. The average Bonchev–Trinajstić information content (AvgIpc) is 3.05. The third kappa shape index (κ3) is 4.05. The summed E-state index contributed by atoms with van der Waals surface area (Å²) in [6.45, 7) is 4.21. The highest BCUT2D eigenvalue weighted by Crippen LogP contribution is 2.23. The highest BCUT2D eigenvalue weighted by molar-refractivity contribution is 9.10. The Balaban J connectivity index is 1.61. The van der Waals surface area contributed by atoms with Crippen LogP contribution in [-0.2, 0) is 0 Å². The topological polar surface area (TPSA) is 44.4 Å². The Hall–Kier alpha value is -2.01. The van der Waals surface area contributed by atoms with Crippen LogP contribution in [0.15, 0.2) is 46.9 Å². The molecule has 0 saturated carbocycles. The molecule has 3 rings (SSSR count). The van der Waals surface area contributed by atoms with Gasteiger partial charge in [-0.05, 0) is 67.8 Å². The van der Waals surface area contributed by atoms with E-state index in [-0.39, 0.29) is 6.03 Å². The first-order chi connectivity index (χ1) is 11.1. The number of anilines is 3. The fourth-order valence-corrected chi connectivity index (χ4v) is 3.26. The molecule has 2 aromatic rings. The van der Waals surface area contributed by atoms with E-state index >= 15 is 0 Å². The summed E-state index contributed by atoms with van der Waals surface area (Å²) in [5.41, 5.74) is 3.83. The van der Waals surface area contributed by atoms with Crippen LogP contribution in [0.3, 0.4) is 0 Å². The molecule has 0 radical (unpaired) electrons. The molecule has 0 bridgehead atoms. The van der Waals surface area contributed by atoms with Crippen molar-refractivity contribution in [3.8, 4) is 0 Å². The van der Waals surface area contributed by atoms with E-state index in [1.54, 1.807) is 0 Å². The lowest BCUT2D eigenvalue weighted by Crippen LogP contribution is -2.20. The van der Waals surface area contributed by atoms with Gasteiger partial charge in [0.1, 0.15) is 0 Å². The zero-order valence-corrected chi connectivity index (χ0v) is 14.7. The van der Waals surface area contributed by atoms with Crippen molar-refractivity contribution in [3.63, 3.8) is 0 Å². The van der Waals surface area contributed by atoms with E-state index in [0.717, 1.165) is 34.5 Å². The maximum Gasteiger partial charge on any atom is 0.323 e. The van der Waals surface area contributed by atoms with Crippen molar-refractivity contribution >= 4 is 39.0 Å². The SMILES string of the molecule is Cc1cc(Br)ccc1NC(=O)Nc1ccc(N2CCCC2)cc1. The molecule has 23 heavy (non-hydrogen) atoms. The first-order valence-electron chi connectivity index (χ1n) is 7.81. The third-order valence-electron chi connectivity index (χ3n) is 4.03. The van der Waals surface area contributed by atoms with Crippen molar-refractivity contribution in [2.75, 3.05) is 28.6 Å². The second-order valence-electron chi connectivity index (χ2n) is 5.78. The van der Waals surface area contributed by atoms with Gasteiger partial charge in [0, 0.05) is 34.6 Å². The average molecular weight is 374 g/mol. The smallest absolute Gasteiger partial charge is 0.323 e. The molecule has 2 N–H and O–H groups in total. The van der Waals surface area contributed by atoms with Gasteiger partial charge in [0.15, 0.2) is 0 Å². The number of nitrogens with one attached hydrogen (secondary N) is 2. The van der Waals surface area contributed by atoms with Crippen LogP contribution in [0.2, 0.25) is 0 Å². The number of hydrogen-bond acceptors (Lipinski definition) is 2. The lowest BCUT2D eigenvalue weighted by atomic mass is 10.2. The summed E-state index contributed by atoms with van der Waals surface area (Å²) in [5, 5.41) is 5.74. The maximum atomic E-state index is 12.1. The molecule has 2 amide bonds. The number of carbonyl (C=O) groups excluding carboxylic acids is 1. The van der Waals surface area contributed by atoms with Crippen LogP contribution >= 0.6 is 15.9 Å². The van der Waals surface area contributed by atoms with Crippen LogP contribution in [0.25, 0.3) is 0 Å². The summed E-state index contributed by atoms with van der Waals surface area (Å²) < 4.78 is 0.999. The van der Waals surface area contributed by atoms with Gasteiger partial charge in [0.2, 0.25) is 0 Å². The van der Waals surface area contributed by atoms with E-state index in [0.29, 0.717) is 0 Å². The molecule has 1 saturated heterocycles. The molecule has 1 heterocycles. The largest absolute Gasteiger partial charge is 0.372 e. The zero-order chi connectivity index (χ0) is 16.2. The summed E-state index contributed by atoms with van der Waals surface area (Å²) in [6.07, 6.45) is 2.52. The number of carbonyl (C=O) groups is 1. The molecular weight excluding hydrogens is 354 g/mol. The molecule has 1 aliphatic heterocycles. The number of urea groups is 1. The van der Waals surface area contributed by atoms with E-state index in [1.807, 2.05) is 37.3 Å². The summed E-state index contributed by atoms with van der Waals surface area (Å²) >= 11 is 3.42. The number of aryl methyl sites for hydroxylation is 1. The molecule has 0 atom stereocenters. The van der Waals surface area contributed by atoms with Gasteiger partial charge in [-0.1, -0.05) is 15.9 Å². The Morgan fingerprint density at radius 2 is 1.74 bits per heavy atom. The minimum atomic E-state index is -0.232. The molecule has 1 fully saturated rings. The normalized spacial score (nSPS) is 13.9. The lowest BCUT2D eigenvalue weighted by molar-refractivity contribution is 0.262. The van der Waals surface area contributed by atoms with E-state index in [2.05, 4.69) is 43.6 Å². The van der Waals surface area contributed by atoms with Gasteiger partial charge in [0.05, 0.1) is 0 Å². The van der Waals surface area contributed by atoms with Gasteiger partial charge in [0.25, 0.3) is 0 Å². The third-order valence-corrected chi connectivity index (χ3v) is 4.53. The van der Waals surface area contributed by atoms with Crippen molar-refractivity contribution in [1.29, 1.82) is 0 Å². The summed E-state index contributed by atoms with van der Waals surface area (Å²) in [6, 6.07) is 13.6. The van der Waals surface area contributed by atoms with E-state index in [9.17, 15) is 4.79 Å². The second-order valence-corrected chi connectivity index (χ2v) is 6.70. The summed E-state index contributed by atoms with van der Waals surface area (Å²) in [7, 11) is 0. The van der Waals surface area contributed by atoms with Crippen molar-refractivity contribution in [1.82, 2.24) is 0 Å². The molecule has 1 aliphatic rings. The van der Waals surface area contributed by atoms with Gasteiger partial charge in [-0.3, -0.25) is 0 Å². The highest BCUT2D eigenvalue weighted by atomic mass is 79.9. The fourth-order valence-electron chi connectivity index (χ4n) is 2.78. The predicted octanol–water partition coefficient (Wildman–Crippen LogP) is 5.00. The van der Waals surface area contributed by atoms with Crippen LogP contribution in [-0.4, -0.2) is 19.1 Å². The van der Waals surface area contributed by atoms with Crippen LogP contribution < -0.4 is 15.5 Å². The van der Waals surface area contributed by atoms with Crippen molar-refractivity contribution in [2.24, 2.45) is 0 Å². The standard InChI is InChI=1S/C18H20BrN3O/c1-13-12-14(19)4-9-17(13)21-18(23)20-15-5-7-16(8-6-15)22-10-2-3-11-22/h4-9,12H,2-3,10-11H2,1H3,(H2,20,21,23). The van der Waals surface area contributed by atoms with Crippen molar-refractivity contribution < 1.29 is 4.79 Å². The first-order valence-corrected chi connectivity index (χ1v) is 8.60. The Kier molecular flexibility index (Phi) is 4.86. The molecule has 4 nitrogen and oxygen atoms in total. The van der Waals surface area contributed by atoms with E-state index in [4.69, 9.17) is 0 Å². The van der Waals surface area contributed by atoms with Gasteiger partial charge in [-0.15, -0.1) is 0 Å². The monoisotopic (exact) mass is 373 g/mol. The summed E-state index contributed by atoms with van der Waals surface area (Å²) in [4.78, 5) is 14.5. The molecular formula is C18H20BrN3O. The van der Waals surface area contributed by atoms with Crippen LogP contribution in [0.4, 0.5) is 21.9 Å². The van der Waals surface area contributed by atoms with Gasteiger partial charge < -0.3 is 15.5 Å². The molecule has 0 aromatic heterocycles. The summed E-state index contributed by atoms with van der Waals surface area (Å²) in [5.74, 6) is 0. The second kappa shape index (κ2) is 7.04. The minimum Gasteiger partial charge on any atom is -0.372 e. The van der Waals surface area contributed by atoms with Gasteiger partial charge >= 0.3 is 6.03 Å². The van der Waals surface area contributed by atoms with Crippen LogP contribution in [0, 0.1) is 6.92 Å². The maximum absolute atomic E-state index is 12.1. The number of amides is 2. The Labute approximate surface area is 145 Å². The zero-order valence-electron chi connectivity index (χ0n) is 13.1. The number of benzene rings is 2. The Morgan fingerprint density at radius 3 is 2.39 bits per heavy atom. The van der Waals surface area contributed by atoms with Gasteiger partial charge in [-0.25, -0.2) is 4.79 Å². The number of nitrogens with zero attached hydrogens (tertiary/aromatic N) is 1. The van der Waals surface area contributed by atoms with E-state index in [1.165, 1.54) is 18.5 Å². The number of halogens is 1. The first kappa shape index (κ1) is 15.9. The fraction of sp³-hybridized carbons (Fsp3) is 0.278. The molecule has 0 unspecified atom stereocenters. The minimum absolute atomic E-state index is 0.232. The van der Waals surface area contributed by atoms with Crippen molar-refractivity contribution in [3.05, 3.63) is 52.5 Å². The molecule has 2 aromatic carbocycles. The van der Waals surface area contributed by atoms with Crippen LogP contribution in [0.1, 0.15) is 18.4 Å². The highest BCUT2D eigenvalue weighted by Gasteiger charge is 2.12. The number of rotatable bonds is 3. The molecule has 0 aliphatic carbocycles. The quantitative estimate of drug-likeness (QED) is 0.794. The molecule has 5 heteroatoms. The predicted molar refractivity (Wildman–Crippen MR) is 99.4 cm³/mol. The number of hydrogen-bond donors (Lipinski definition) is 2. The molecule has 0 spiro atoms. The van der Waals surface area contributed by atoms with Gasteiger partial charge in [-0.2, -0.15) is 0 Å².